The molecule has 1 aromatic heterocycles. The number of Topliss-reactive ketones (excluding diaryl/α,β-unsaturated/α-hetero) is 1. The Kier molecular flexibility index (Phi) is 33.4. The molecular weight excluding hydrogens is 1390 g/mol. The Morgan fingerprint density at radius 3 is 2.14 bits per heavy atom. The molecule has 0 aliphatic carbocycles. The van der Waals surface area contributed by atoms with Crippen molar-refractivity contribution in [2.24, 2.45) is 40.7 Å². The summed E-state index contributed by atoms with van der Waals surface area (Å²) in [7, 11) is 5.00. The Balaban J connectivity index is 1.04. The number of ketones is 1. The average molecular weight is 1500 g/mol. The van der Waals surface area contributed by atoms with Crippen LogP contribution in [0.3, 0.4) is 0 Å². The number of aliphatic carboxylic acids is 1. The molecule has 3 aromatic carbocycles. The summed E-state index contributed by atoms with van der Waals surface area (Å²) < 4.78 is 12.2. The van der Waals surface area contributed by atoms with E-state index in [1.807, 2.05) is 116 Å². The standard InChI is InChI=1S/C80H114N12O14S/c1-15-51(6)69(89-73(99)63-28-20-21-41-90(63)13)75(100)91(14)64(50(4)5)46-65(106-78(104)82-12)74-88-61(48-107-74)72(98)86-58(43-52(7)76(101)102)44-53-29-33-57(34-30-53)85-71(97)60(26-22-39-84-77(81)103)87-70(96)59(49(2)3)45-66(93)79(8,9)38-42-105-80(10,11)37-40-83-67(94)35-36-68(95)92-47-56-25-17-16-23-54(56)31-32-55-24-18-19-27-62(55)92/h16-19,23-25,27,29-30,33-34,48-52,58-60,63-65,69H,15,20-22,26,28,35-47H2,1-14H3,(H,82,104)(H,83,94)(H,85,97)(H,86,98)(H,87,96)(H,89,99)(H,101,102)(H3,81,84,103). The highest BCUT2D eigenvalue weighted by molar-refractivity contribution is 7.09. The van der Waals surface area contributed by atoms with Crippen molar-refractivity contribution in [2.75, 3.05) is 57.6 Å². The number of amides is 10. The molecule has 26 nitrogen and oxygen atoms in total. The van der Waals surface area contributed by atoms with Gasteiger partial charge in [-0.1, -0.05) is 129 Å². The molecule has 4 aromatic rings. The smallest absolute Gasteiger partial charge is 0.407 e. The topological polar surface area (TPSA) is 359 Å². The van der Waals surface area contributed by atoms with Gasteiger partial charge in [0.15, 0.2) is 6.10 Å². The summed E-state index contributed by atoms with van der Waals surface area (Å²) in [6.45, 7) is 22.0. The molecule has 10 N–H and O–H groups in total. The number of likely N-dealkylation sites (N-methyl/N-ethyl adjacent to an activating group) is 2. The van der Waals surface area contributed by atoms with Crippen molar-refractivity contribution in [2.45, 2.75) is 215 Å². The van der Waals surface area contributed by atoms with Crippen LogP contribution in [0.15, 0.2) is 78.2 Å². The van der Waals surface area contributed by atoms with Crippen molar-refractivity contribution in [3.05, 3.63) is 111 Å². The monoisotopic (exact) mass is 1500 g/mol. The lowest BCUT2D eigenvalue weighted by Gasteiger charge is -2.38. The second-order valence-corrected chi connectivity index (χ2v) is 31.2. The second-order valence-electron chi connectivity index (χ2n) is 30.3. The van der Waals surface area contributed by atoms with E-state index in [4.69, 9.17) is 15.2 Å². The lowest BCUT2D eigenvalue weighted by molar-refractivity contribution is -0.141. The highest BCUT2D eigenvalue weighted by atomic mass is 32.1. The van der Waals surface area contributed by atoms with Crippen molar-refractivity contribution in [3.8, 4) is 11.8 Å². The Morgan fingerprint density at radius 1 is 0.804 bits per heavy atom. The maximum atomic E-state index is 14.5. The molecule has 0 spiro atoms. The van der Waals surface area contributed by atoms with E-state index in [0.717, 1.165) is 47.4 Å². The zero-order valence-corrected chi connectivity index (χ0v) is 65.6. The number of rotatable bonds is 40. The number of carbonyl (C=O) groups is 11. The number of primary amides is 1. The third-order valence-electron chi connectivity index (χ3n) is 20.4. The number of nitrogens with zero attached hydrogens (tertiary/aromatic N) is 4. The van der Waals surface area contributed by atoms with Crippen LogP contribution in [0.5, 0.6) is 0 Å². The number of ether oxygens (including phenoxy) is 2. The summed E-state index contributed by atoms with van der Waals surface area (Å²) in [5, 5.41) is 31.5. The fourth-order valence-electron chi connectivity index (χ4n) is 13.1. The third-order valence-corrected chi connectivity index (χ3v) is 21.4. The molecular formula is C80H114N12O14S. The Hall–Kier alpha value is -9.26. The van der Waals surface area contributed by atoms with Gasteiger partial charge in [-0.2, -0.15) is 0 Å². The number of urea groups is 1. The van der Waals surface area contributed by atoms with Crippen LogP contribution in [0.1, 0.15) is 203 Å². The number of benzene rings is 3. The van der Waals surface area contributed by atoms with Crippen molar-refractivity contribution in [1.82, 2.24) is 46.7 Å². The molecule has 1 saturated heterocycles. The first-order valence-corrected chi connectivity index (χ1v) is 38.3. The summed E-state index contributed by atoms with van der Waals surface area (Å²) >= 11 is 1.08. The van der Waals surface area contributed by atoms with Gasteiger partial charge >= 0.3 is 18.1 Å². The van der Waals surface area contributed by atoms with Crippen LogP contribution in [0, 0.1) is 46.8 Å². The molecule has 3 heterocycles. The molecule has 27 heteroatoms. The van der Waals surface area contributed by atoms with Gasteiger partial charge < -0.3 is 67.3 Å². The van der Waals surface area contributed by atoms with Gasteiger partial charge in [0.2, 0.25) is 35.4 Å². The molecule has 107 heavy (non-hydrogen) atoms. The van der Waals surface area contributed by atoms with Crippen LogP contribution in [0.2, 0.25) is 0 Å². The second kappa shape index (κ2) is 41.2. The minimum Gasteiger partial charge on any atom is -0.481 e. The van der Waals surface area contributed by atoms with Crippen molar-refractivity contribution in [3.63, 3.8) is 0 Å². The lowest BCUT2D eigenvalue weighted by Crippen LogP contribution is -2.58. The van der Waals surface area contributed by atoms with Crippen molar-refractivity contribution < 1.29 is 67.3 Å². The molecule has 0 radical (unpaired) electrons. The van der Waals surface area contributed by atoms with Gasteiger partial charge in [-0.15, -0.1) is 11.3 Å². The lowest BCUT2D eigenvalue weighted by atomic mass is 9.78. The van der Waals surface area contributed by atoms with Gasteiger partial charge in [-0.05, 0) is 138 Å². The van der Waals surface area contributed by atoms with Crippen LogP contribution < -0.4 is 47.9 Å². The zero-order valence-electron chi connectivity index (χ0n) is 64.8. The molecule has 6 rings (SSSR count). The Bertz CT molecular complexity index is 3790. The molecule has 0 saturated carbocycles. The number of para-hydroxylation sites is 1. The van der Waals surface area contributed by atoms with E-state index in [9.17, 15) is 57.8 Å². The van der Waals surface area contributed by atoms with Crippen molar-refractivity contribution in [1.29, 1.82) is 0 Å². The highest BCUT2D eigenvalue weighted by Gasteiger charge is 2.40. The molecule has 584 valence electrons. The third kappa shape index (κ3) is 26.6. The predicted octanol–water partition coefficient (Wildman–Crippen LogP) is 9.43. The minimum absolute atomic E-state index is 0.00251. The van der Waals surface area contributed by atoms with Gasteiger partial charge in [0, 0.05) is 105 Å². The Morgan fingerprint density at radius 2 is 1.49 bits per heavy atom. The summed E-state index contributed by atoms with van der Waals surface area (Å²) in [4.78, 5) is 159. The number of thiazole rings is 1. The number of nitrogens with two attached hydrogens (primary N) is 1. The number of aromatic nitrogens is 1. The van der Waals surface area contributed by atoms with Crippen LogP contribution in [-0.4, -0.2) is 168 Å². The van der Waals surface area contributed by atoms with Gasteiger partial charge in [-0.3, -0.25) is 48.1 Å². The van der Waals surface area contributed by atoms with Crippen LogP contribution in [0.4, 0.5) is 21.0 Å². The molecule has 0 bridgehead atoms. The van der Waals surface area contributed by atoms with Gasteiger partial charge in [0.1, 0.15) is 28.6 Å². The van der Waals surface area contributed by atoms with E-state index in [2.05, 4.69) is 54.0 Å². The number of anilines is 2. The molecule has 1 fully saturated rings. The van der Waals surface area contributed by atoms with E-state index >= 15 is 0 Å². The number of hydrogen-bond donors (Lipinski definition) is 9. The van der Waals surface area contributed by atoms with Crippen LogP contribution in [-0.2, 0) is 60.8 Å². The Labute approximate surface area is 634 Å². The fraction of sp³-hybridized carbons (Fsp3) is 0.575. The van der Waals surface area contributed by atoms with Crippen molar-refractivity contribution >= 4 is 87.9 Å². The van der Waals surface area contributed by atoms with Crippen LogP contribution >= 0.6 is 11.3 Å². The summed E-state index contributed by atoms with van der Waals surface area (Å²) in [6, 6.07) is 17.5. The molecule has 2 aliphatic heterocycles. The number of piperidine rings is 1. The van der Waals surface area contributed by atoms with E-state index in [-0.39, 0.29) is 135 Å². The van der Waals surface area contributed by atoms with E-state index in [1.165, 1.54) is 19.4 Å². The van der Waals surface area contributed by atoms with Gasteiger partial charge in [-0.25, -0.2) is 14.6 Å². The number of alkyl carbamates (subject to hydrolysis) is 1. The first kappa shape index (κ1) is 86.7. The number of hydrogen-bond acceptors (Lipinski definition) is 16. The SMILES string of the molecule is CCC(C)C(NC(=O)C1CCCCN1C)C(=O)N(C)C(CC(OC(=O)NC)c1nc(C(=O)NC(Cc2ccc(NC(=O)C(CCCNC(N)=O)NC(=O)C(CC(=O)C(C)(C)CCOC(C)(C)CCNC(=O)CCC(=O)N3Cc4ccccc4C#Cc4ccccc43)C(C)C)cc2)CC(C)C(=O)O)cs1)C(C)C. The summed E-state index contributed by atoms with van der Waals surface area (Å²) in [5.74, 6) is 0.0750. The zero-order chi connectivity index (χ0) is 78.9. The van der Waals surface area contributed by atoms with Gasteiger partial charge in [0.25, 0.3) is 5.91 Å². The highest BCUT2D eigenvalue weighted by Crippen LogP contribution is 2.34. The largest absolute Gasteiger partial charge is 0.481 e. The summed E-state index contributed by atoms with van der Waals surface area (Å²) in [5.41, 5.74) is 7.90. The number of carbonyl (C=O) groups excluding carboxylic acids is 10. The van der Waals surface area contributed by atoms with E-state index in [0.29, 0.717) is 49.2 Å². The molecule has 2 aliphatic rings. The molecule has 9 unspecified atom stereocenters. The van der Waals surface area contributed by atoms with E-state index < -0.39 is 88.9 Å². The number of likely N-dealkylation sites (tertiary alicyclic amines) is 1. The number of carboxylic acid groups (broad SMARTS) is 1. The van der Waals surface area contributed by atoms with E-state index in [1.54, 1.807) is 55.0 Å². The first-order valence-electron chi connectivity index (χ1n) is 37.4. The van der Waals surface area contributed by atoms with Gasteiger partial charge in [0.05, 0.1) is 29.8 Å². The molecule has 9 atom stereocenters. The maximum Gasteiger partial charge on any atom is 0.407 e. The first-order chi connectivity index (χ1) is 50.6. The predicted molar refractivity (Wildman–Crippen MR) is 412 cm³/mol. The minimum atomic E-state index is -1.12. The number of nitrogens with one attached hydrogen (secondary N) is 7. The number of carboxylic acids is 1. The quantitative estimate of drug-likeness (QED) is 0.0148. The number of fused-ring (bicyclic) bond motifs is 2. The molecule has 10 amide bonds. The summed E-state index contributed by atoms with van der Waals surface area (Å²) in [6.07, 6.45) is 2.67. The average Bonchev–Trinajstić information content (AvgIpc) is 1.33. The van der Waals surface area contributed by atoms with Crippen LogP contribution in [0.25, 0.3) is 0 Å². The maximum absolute atomic E-state index is 14.5. The normalized spacial score (nSPS) is 16.0. The fourth-order valence-corrected chi connectivity index (χ4v) is 13.9.